The smallest absolute Gasteiger partial charge is 0.328 e. The van der Waals surface area contributed by atoms with Gasteiger partial charge >= 0.3 is 5.97 Å². The summed E-state index contributed by atoms with van der Waals surface area (Å²) in [5.41, 5.74) is -0.328. The van der Waals surface area contributed by atoms with Gasteiger partial charge in [-0.25, -0.2) is 4.79 Å². The first-order valence-corrected chi connectivity index (χ1v) is 7.08. The molecule has 0 radical (unpaired) electrons. The molecule has 0 spiro atoms. The van der Waals surface area contributed by atoms with Crippen molar-refractivity contribution in [2.24, 2.45) is 0 Å². The van der Waals surface area contributed by atoms with Crippen molar-refractivity contribution in [3.8, 4) is 5.75 Å². The lowest BCUT2D eigenvalue weighted by atomic mass is 9.90. The number of carboxylic acids is 1. The van der Waals surface area contributed by atoms with Gasteiger partial charge in [-0.05, 0) is 54.4 Å². The number of hydrogen-bond donors (Lipinski definition) is 2. The number of hydrogen-bond acceptors (Lipinski definition) is 3. The van der Waals surface area contributed by atoms with Crippen LogP contribution in [0.2, 0.25) is 0 Å². The lowest BCUT2D eigenvalue weighted by Crippen LogP contribution is -2.46. The molecule has 4 heteroatoms. The van der Waals surface area contributed by atoms with Gasteiger partial charge < -0.3 is 9.84 Å². The van der Waals surface area contributed by atoms with E-state index < -0.39 is 11.5 Å². The average molecular weight is 287 g/mol. The molecule has 0 aliphatic carbocycles. The van der Waals surface area contributed by atoms with E-state index in [0.717, 1.165) is 28.5 Å². The first-order chi connectivity index (χ1) is 10.0. The van der Waals surface area contributed by atoms with Gasteiger partial charge in [-0.2, -0.15) is 0 Å². The molecule has 0 bridgehead atoms. The van der Waals surface area contributed by atoms with Gasteiger partial charge in [0.1, 0.15) is 11.3 Å². The Bertz CT molecular complexity index is 654. The molecule has 0 saturated carbocycles. The summed E-state index contributed by atoms with van der Waals surface area (Å²) in [6, 6.07) is 11.5. The molecule has 2 aromatic rings. The van der Waals surface area contributed by atoms with Crippen LogP contribution in [-0.2, 0) is 10.3 Å². The van der Waals surface area contributed by atoms with Crippen molar-refractivity contribution in [1.82, 2.24) is 5.32 Å². The Hall–Kier alpha value is -2.07. The van der Waals surface area contributed by atoms with E-state index in [9.17, 15) is 9.90 Å². The largest absolute Gasteiger partial charge is 0.497 e. The van der Waals surface area contributed by atoms with Gasteiger partial charge in [0.2, 0.25) is 0 Å². The lowest BCUT2D eigenvalue weighted by molar-refractivity contribution is -0.144. The number of methoxy groups -OCH3 is 1. The van der Waals surface area contributed by atoms with E-state index >= 15 is 0 Å². The fourth-order valence-corrected chi connectivity index (χ4v) is 2.34. The lowest BCUT2D eigenvalue weighted by Gasteiger charge is -2.27. The highest BCUT2D eigenvalue weighted by molar-refractivity contribution is 5.87. The van der Waals surface area contributed by atoms with E-state index in [-0.39, 0.29) is 0 Å². The van der Waals surface area contributed by atoms with E-state index in [1.54, 1.807) is 14.0 Å². The molecule has 4 nitrogen and oxygen atoms in total. The number of rotatable bonds is 6. The number of ether oxygens (including phenoxy) is 1. The molecule has 2 N–H and O–H groups in total. The second-order valence-corrected chi connectivity index (χ2v) is 5.28. The number of benzene rings is 2. The van der Waals surface area contributed by atoms with Gasteiger partial charge in [-0.1, -0.05) is 25.1 Å². The minimum absolute atomic E-state index is 0.656. The number of carbonyl (C=O) groups is 1. The molecular weight excluding hydrogens is 266 g/mol. The highest BCUT2D eigenvalue weighted by Gasteiger charge is 2.34. The third-order valence-corrected chi connectivity index (χ3v) is 3.78. The summed E-state index contributed by atoms with van der Waals surface area (Å²) >= 11 is 0. The monoisotopic (exact) mass is 287 g/mol. The van der Waals surface area contributed by atoms with Crippen LogP contribution < -0.4 is 10.1 Å². The molecule has 2 rings (SSSR count). The van der Waals surface area contributed by atoms with Crippen LogP contribution >= 0.6 is 0 Å². The normalized spacial score (nSPS) is 13.9. The molecule has 0 aliphatic rings. The fraction of sp³-hybridized carbons (Fsp3) is 0.353. The Morgan fingerprint density at radius 3 is 2.52 bits per heavy atom. The molecule has 1 atom stereocenters. The second-order valence-electron chi connectivity index (χ2n) is 5.28. The van der Waals surface area contributed by atoms with Crippen LogP contribution in [-0.4, -0.2) is 24.7 Å². The van der Waals surface area contributed by atoms with Crippen molar-refractivity contribution in [2.45, 2.75) is 25.8 Å². The van der Waals surface area contributed by atoms with Crippen molar-refractivity contribution >= 4 is 16.7 Å². The SMILES string of the molecule is CCCNC(C)(C(=O)O)c1ccc2cc(OC)ccc2c1. The second kappa shape index (κ2) is 6.14. The van der Waals surface area contributed by atoms with Crippen molar-refractivity contribution in [3.63, 3.8) is 0 Å². The van der Waals surface area contributed by atoms with Crippen LogP contribution in [0.1, 0.15) is 25.8 Å². The van der Waals surface area contributed by atoms with Crippen molar-refractivity contribution < 1.29 is 14.6 Å². The van der Waals surface area contributed by atoms with Crippen molar-refractivity contribution in [2.75, 3.05) is 13.7 Å². The van der Waals surface area contributed by atoms with Crippen molar-refractivity contribution in [3.05, 3.63) is 42.0 Å². The summed E-state index contributed by atoms with van der Waals surface area (Å²) in [5.74, 6) is -0.0795. The molecule has 2 aromatic carbocycles. The van der Waals surface area contributed by atoms with Crippen LogP contribution in [0, 0.1) is 0 Å². The molecule has 1 unspecified atom stereocenters. The molecule has 112 valence electrons. The zero-order chi connectivity index (χ0) is 15.5. The number of carboxylic acid groups (broad SMARTS) is 1. The number of nitrogens with one attached hydrogen (secondary N) is 1. The molecular formula is C17H21NO3. The fourth-order valence-electron chi connectivity index (χ4n) is 2.34. The maximum absolute atomic E-state index is 11.7. The van der Waals surface area contributed by atoms with E-state index in [2.05, 4.69) is 5.32 Å². The minimum atomic E-state index is -1.08. The number of aliphatic carboxylic acids is 1. The molecule has 21 heavy (non-hydrogen) atoms. The summed E-state index contributed by atoms with van der Waals surface area (Å²) in [4.78, 5) is 11.7. The first kappa shape index (κ1) is 15.3. The van der Waals surface area contributed by atoms with E-state index in [1.807, 2.05) is 43.3 Å². The summed E-state index contributed by atoms with van der Waals surface area (Å²) in [6.45, 7) is 4.38. The average Bonchev–Trinajstić information content (AvgIpc) is 2.51. The van der Waals surface area contributed by atoms with E-state index in [4.69, 9.17) is 4.74 Å². The maximum atomic E-state index is 11.7. The Morgan fingerprint density at radius 2 is 1.90 bits per heavy atom. The zero-order valence-electron chi connectivity index (χ0n) is 12.6. The minimum Gasteiger partial charge on any atom is -0.497 e. The summed E-state index contributed by atoms with van der Waals surface area (Å²) in [7, 11) is 1.63. The first-order valence-electron chi connectivity index (χ1n) is 7.08. The molecule has 0 saturated heterocycles. The summed E-state index contributed by atoms with van der Waals surface area (Å²) < 4.78 is 5.20. The Balaban J connectivity index is 2.46. The summed E-state index contributed by atoms with van der Waals surface area (Å²) in [5, 5.41) is 14.7. The van der Waals surface area contributed by atoms with Crippen LogP contribution in [0.5, 0.6) is 5.75 Å². The topological polar surface area (TPSA) is 58.6 Å². The van der Waals surface area contributed by atoms with Crippen LogP contribution in [0.4, 0.5) is 0 Å². The quantitative estimate of drug-likeness (QED) is 0.857. The van der Waals surface area contributed by atoms with Gasteiger partial charge in [0, 0.05) is 0 Å². The highest BCUT2D eigenvalue weighted by Crippen LogP contribution is 2.27. The van der Waals surface area contributed by atoms with Crippen LogP contribution in [0.15, 0.2) is 36.4 Å². The third kappa shape index (κ3) is 3.00. The predicted octanol–water partition coefficient (Wildman–Crippen LogP) is 3.15. The van der Waals surface area contributed by atoms with E-state index in [1.165, 1.54) is 0 Å². The zero-order valence-corrected chi connectivity index (χ0v) is 12.6. The molecule has 0 aromatic heterocycles. The summed E-state index contributed by atoms with van der Waals surface area (Å²) in [6.07, 6.45) is 0.883. The standard InChI is InChI=1S/C17H21NO3/c1-4-9-18-17(2,16(19)20)14-7-5-13-11-15(21-3)8-6-12(13)10-14/h5-8,10-11,18H,4,9H2,1-3H3,(H,19,20). The Labute approximate surface area is 124 Å². The van der Waals surface area contributed by atoms with Crippen LogP contribution in [0.3, 0.4) is 0 Å². The molecule has 0 heterocycles. The third-order valence-electron chi connectivity index (χ3n) is 3.78. The Kier molecular flexibility index (Phi) is 4.48. The predicted molar refractivity (Wildman–Crippen MR) is 83.8 cm³/mol. The highest BCUT2D eigenvalue weighted by atomic mass is 16.5. The molecule has 0 amide bonds. The molecule has 0 fully saturated rings. The van der Waals surface area contributed by atoms with Gasteiger partial charge in [0.25, 0.3) is 0 Å². The maximum Gasteiger partial charge on any atom is 0.328 e. The Morgan fingerprint density at radius 1 is 1.24 bits per heavy atom. The van der Waals surface area contributed by atoms with Gasteiger partial charge in [0.05, 0.1) is 7.11 Å². The van der Waals surface area contributed by atoms with Gasteiger partial charge in [0.15, 0.2) is 0 Å². The van der Waals surface area contributed by atoms with Gasteiger partial charge in [-0.3, -0.25) is 5.32 Å². The van der Waals surface area contributed by atoms with Crippen molar-refractivity contribution in [1.29, 1.82) is 0 Å². The van der Waals surface area contributed by atoms with Crippen LogP contribution in [0.25, 0.3) is 10.8 Å². The van der Waals surface area contributed by atoms with E-state index in [0.29, 0.717) is 6.54 Å². The van der Waals surface area contributed by atoms with Gasteiger partial charge in [-0.15, -0.1) is 0 Å². The molecule has 0 aliphatic heterocycles. The number of fused-ring (bicyclic) bond motifs is 1.